The summed E-state index contributed by atoms with van der Waals surface area (Å²) in [5, 5.41) is 15.4. The van der Waals surface area contributed by atoms with Gasteiger partial charge in [-0.05, 0) is 29.9 Å². The zero-order valence-electron chi connectivity index (χ0n) is 15.4. The molecule has 3 rings (SSSR count). The Morgan fingerprint density at radius 1 is 1.25 bits per heavy atom. The largest absolute Gasteiger partial charge is 0.494 e. The average molecular weight is 421 g/mol. The molecule has 0 aromatic heterocycles. The molecule has 1 aliphatic heterocycles. The van der Waals surface area contributed by atoms with E-state index in [0.717, 1.165) is 43.3 Å². The third kappa shape index (κ3) is 4.89. The molecule has 0 atom stereocenters. The minimum absolute atomic E-state index is 0.0264. The summed E-state index contributed by atoms with van der Waals surface area (Å²) in [6.45, 7) is 4.11. The van der Waals surface area contributed by atoms with Gasteiger partial charge in [0.1, 0.15) is 5.75 Å². The van der Waals surface area contributed by atoms with E-state index in [0.29, 0.717) is 16.5 Å². The van der Waals surface area contributed by atoms with Crippen molar-refractivity contribution < 1.29 is 9.66 Å². The summed E-state index contributed by atoms with van der Waals surface area (Å²) in [7, 11) is 1.47. The first-order valence-corrected chi connectivity index (χ1v) is 9.60. The molecule has 0 unspecified atom stereocenters. The topological polar surface area (TPSA) is 70.9 Å². The molecule has 1 heterocycles. The third-order valence-electron chi connectivity index (χ3n) is 4.65. The monoisotopic (exact) mass is 420 g/mol. The molecule has 1 saturated heterocycles. The molecule has 0 bridgehead atoms. The molecular formula is C19H21ClN4O3S. The number of hydrogen-bond donors (Lipinski definition) is 1. The standard InChI is InChI=1S/C19H21ClN4O3S/c1-27-18-12-15(24(25)26)6-7-17(18)21-19(28)23-10-8-22(9-11-23)13-14-4-2-3-5-16(14)20/h2-7,12H,8-11,13H2,1H3,(H,21,28). The number of thiocarbonyl (C=S) groups is 1. The molecule has 148 valence electrons. The number of anilines is 1. The van der Waals surface area contributed by atoms with Crippen LogP contribution in [0.2, 0.25) is 5.02 Å². The van der Waals surface area contributed by atoms with Gasteiger partial charge in [-0.3, -0.25) is 15.0 Å². The van der Waals surface area contributed by atoms with Crippen LogP contribution in [0.1, 0.15) is 5.56 Å². The van der Waals surface area contributed by atoms with Crippen LogP contribution in [0, 0.1) is 10.1 Å². The normalized spacial score (nSPS) is 14.6. The van der Waals surface area contributed by atoms with Crippen molar-refractivity contribution in [2.24, 2.45) is 0 Å². The molecule has 28 heavy (non-hydrogen) atoms. The number of nitro groups is 1. The molecular weight excluding hydrogens is 400 g/mol. The van der Waals surface area contributed by atoms with Crippen LogP contribution in [0.25, 0.3) is 0 Å². The van der Waals surface area contributed by atoms with Gasteiger partial charge in [-0.25, -0.2) is 0 Å². The summed E-state index contributed by atoms with van der Waals surface area (Å²) in [6, 6.07) is 12.3. The second kappa shape index (κ2) is 9.18. The predicted molar refractivity (Wildman–Crippen MR) is 114 cm³/mol. The Balaban J connectivity index is 1.57. The number of methoxy groups -OCH3 is 1. The van der Waals surface area contributed by atoms with Gasteiger partial charge in [0, 0.05) is 43.8 Å². The molecule has 1 fully saturated rings. The van der Waals surface area contributed by atoms with Gasteiger partial charge in [0.2, 0.25) is 0 Å². The highest BCUT2D eigenvalue weighted by Crippen LogP contribution is 2.29. The quantitative estimate of drug-likeness (QED) is 0.448. The smallest absolute Gasteiger partial charge is 0.273 e. The van der Waals surface area contributed by atoms with Gasteiger partial charge in [0.15, 0.2) is 5.11 Å². The van der Waals surface area contributed by atoms with Crippen molar-refractivity contribution in [2.75, 3.05) is 38.6 Å². The maximum atomic E-state index is 10.9. The maximum absolute atomic E-state index is 10.9. The summed E-state index contributed by atoms with van der Waals surface area (Å²) in [5.41, 5.74) is 1.70. The van der Waals surface area contributed by atoms with Crippen LogP contribution in [0.3, 0.4) is 0 Å². The van der Waals surface area contributed by atoms with Gasteiger partial charge in [-0.15, -0.1) is 0 Å². The van der Waals surface area contributed by atoms with E-state index < -0.39 is 4.92 Å². The number of hydrogen-bond acceptors (Lipinski definition) is 5. The fourth-order valence-electron chi connectivity index (χ4n) is 3.07. The molecule has 1 aliphatic rings. The lowest BCUT2D eigenvalue weighted by Crippen LogP contribution is -2.49. The van der Waals surface area contributed by atoms with E-state index in [1.165, 1.54) is 19.2 Å². The van der Waals surface area contributed by atoms with Crippen molar-refractivity contribution in [3.8, 4) is 5.75 Å². The Morgan fingerprint density at radius 2 is 1.96 bits per heavy atom. The van der Waals surface area contributed by atoms with E-state index >= 15 is 0 Å². The third-order valence-corrected chi connectivity index (χ3v) is 5.38. The van der Waals surface area contributed by atoms with Crippen LogP contribution in [0.4, 0.5) is 11.4 Å². The fourth-order valence-corrected chi connectivity index (χ4v) is 3.56. The summed E-state index contributed by atoms with van der Waals surface area (Å²) >= 11 is 11.8. The highest BCUT2D eigenvalue weighted by atomic mass is 35.5. The molecule has 7 nitrogen and oxygen atoms in total. The van der Waals surface area contributed by atoms with Crippen LogP contribution < -0.4 is 10.1 Å². The van der Waals surface area contributed by atoms with Gasteiger partial charge in [-0.1, -0.05) is 29.8 Å². The SMILES string of the molecule is COc1cc([N+](=O)[O-])ccc1NC(=S)N1CCN(Cc2ccccc2Cl)CC1. The van der Waals surface area contributed by atoms with Crippen molar-refractivity contribution in [1.29, 1.82) is 0 Å². The number of rotatable bonds is 5. The Labute approximate surface area is 174 Å². The van der Waals surface area contributed by atoms with E-state index in [4.69, 9.17) is 28.6 Å². The molecule has 2 aromatic rings. The maximum Gasteiger partial charge on any atom is 0.273 e. The Bertz CT molecular complexity index is 872. The second-order valence-corrected chi connectivity index (χ2v) is 7.22. The molecule has 9 heteroatoms. The van der Waals surface area contributed by atoms with Crippen molar-refractivity contribution in [3.63, 3.8) is 0 Å². The van der Waals surface area contributed by atoms with Crippen LogP contribution >= 0.6 is 23.8 Å². The van der Waals surface area contributed by atoms with E-state index in [1.807, 2.05) is 24.3 Å². The lowest BCUT2D eigenvalue weighted by molar-refractivity contribution is -0.384. The first kappa shape index (κ1) is 20.3. The van der Waals surface area contributed by atoms with Gasteiger partial charge in [0.25, 0.3) is 5.69 Å². The van der Waals surface area contributed by atoms with Gasteiger partial charge >= 0.3 is 0 Å². The van der Waals surface area contributed by atoms with Crippen molar-refractivity contribution >= 4 is 40.3 Å². The molecule has 0 spiro atoms. The molecule has 2 aromatic carbocycles. The van der Waals surface area contributed by atoms with Crippen molar-refractivity contribution in [2.45, 2.75) is 6.54 Å². The number of nitrogens with one attached hydrogen (secondary N) is 1. The van der Waals surface area contributed by atoms with E-state index in [-0.39, 0.29) is 5.69 Å². The molecule has 0 amide bonds. The number of non-ortho nitro benzene ring substituents is 1. The van der Waals surface area contributed by atoms with Crippen LogP contribution in [0.5, 0.6) is 5.75 Å². The van der Waals surface area contributed by atoms with Crippen LogP contribution in [-0.4, -0.2) is 53.1 Å². The fraction of sp³-hybridized carbons (Fsp3) is 0.316. The number of benzene rings is 2. The summed E-state index contributed by atoms with van der Waals surface area (Å²) in [4.78, 5) is 14.9. The molecule has 0 aliphatic carbocycles. The van der Waals surface area contributed by atoms with Crippen LogP contribution in [0.15, 0.2) is 42.5 Å². The summed E-state index contributed by atoms with van der Waals surface area (Å²) in [5.74, 6) is 0.383. The summed E-state index contributed by atoms with van der Waals surface area (Å²) < 4.78 is 5.25. The number of ether oxygens (including phenoxy) is 1. The van der Waals surface area contributed by atoms with E-state index in [2.05, 4.69) is 15.1 Å². The summed E-state index contributed by atoms with van der Waals surface area (Å²) in [6.07, 6.45) is 0. The Morgan fingerprint density at radius 3 is 2.61 bits per heavy atom. The minimum Gasteiger partial charge on any atom is -0.494 e. The van der Waals surface area contributed by atoms with Crippen molar-refractivity contribution in [1.82, 2.24) is 9.80 Å². The van der Waals surface area contributed by atoms with Gasteiger partial charge in [0.05, 0.1) is 23.8 Å². The first-order chi connectivity index (χ1) is 13.5. The molecule has 0 saturated carbocycles. The van der Waals surface area contributed by atoms with E-state index in [9.17, 15) is 10.1 Å². The number of halogens is 1. The lowest BCUT2D eigenvalue weighted by atomic mass is 10.2. The lowest BCUT2D eigenvalue weighted by Gasteiger charge is -2.36. The van der Waals surface area contributed by atoms with Crippen molar-refractivity contribution in [3.05, 3.63) is 63.2 Å². The number of nitro benzene ring substituents is 1. The second-order valence-electron chi connectivity index (χ2n) is 6.43. The highest BCUT2D eigenvalue weighted by molar-refractivity contribution is 7.80. The van der Waals surface area contributed by atoms with Crippen LogP contribution in [-0.2, 0) is 6.54 Å². The van der Waals surface area contributed by atoms with E-state index in [1.54, 1.807) is 6.07 Å². The minimum atomic E-state index is -0.456. The molecule has 0 radical (unpaired) electrons. The average Bonchev–Trinajstić information content (AvgIpc) is 2.70. The molecule has 1 N–H and O–H groups in total. The zero-order valence-corrected chi connectivity index (χ0v) is 17.0. The Hall–Kier alpha value is -2.42. The number of nitrogens with zero attached hydrogens (tertiary/aromatic N) is 3. The first-order valence-electron chi connectivity index (χ1n) is 8.82. The predicted octanol–water partition coefficient (Wildman–Crippen LogP) is 3.77. The zero-order chi connectivity index (χ0) is 20.1. The number of piperazine rings is 1. The highest BCUT2D eigenvalue weighted by Gasteiger charge is 2.21. The Kier molecular flexibility index (Phi) is 6.66. The van der Waals surface area contributed by atoms with Gasteiger partial charge < -0.3 is 15.0 Å². The van der Waals surface area contributed by atoms with Gasteiger partial charge in [-0.2, -0.15) is 0 Å².